The normalized spacial score (nSPS) is 15.5. The van der Waals surface area contributed by atoms with E-state index in [1.165, 1.54) is 32.4 Å². The van der Waals surface area contributed by atoms with Gasteiger partial charge in [-0.15, -0.1) is 0 Å². The second-order valence-corrected chi connectivity index (χ2v) is 5.35. The summed E-state index contributed by atoms with van der Waals surface area (Å²) in [6, 6.07) is 1.24. The van der Waals surface area contributed by atoms with Crippen molar-refractivity contribution in [3.63, 3.8) is 0 Å². The first kappa shape index (κ1) is 16.9. The molecule has 3 heteroatoms. The minimum atomic E-state index is 0.619. The van der Waals surface area contributed by atoms with Crippen molar-refractivity contribution < 1.29 is 0 Å². The maximum absolute atomic E-state index is 3.65. The van der Waals surface area contributed by atoms with Gasteiger partial charge in [-0.3, -0.25) is 0 Å². The predicted octanol–water partition coefficient (Wildman–Crippen LogP) is 2.04. The Hall–Kier alpha value is -0.120. The van der Waals surface area contributed by atoms with Crippen LogP contribution in [0.4, 0.5) is 0 Å². The third kappa shape index (κ3) is 7.74. The number of likely N-dealkylation sites (N-methyl/N-ethyl adjacent to an activating group) is 1. The molecule has 0 radical (unpaired) electrons. The lowest BCUT2D eigenvalue weighted by Crippen LogP contribution is -2.47. The Balaban J connectivity index is 3.93. The third-order valence-corrected chi connectivity index (χ3v) is 3.49. The Bertz CT molecular complexity index is 171. The lowest BCUT2D eigenvalue weighted by atomic mass is 10.1. The summed E-state index contributed by atoms with van der Waals surface area (Å²) in [7, 11) is 6.53. The molecule has 0 fully saturated rings. The molecule has 0 aromatic carbocycles. The van der Waals surface area contributed by atoms with Crippen molar-refractivity contribution in [1.29, 1.82) is 0 Å². The summed E-state index contributed by atoms with van der Waals surface area (Å²) in [6.07, 6.45) is 3.67. The minimum absolute atomic E-state index is 0.619. The standard InChI is InChI=1S/C14H33N3/c1-7-10-15-14(8-2)13(3)17(6)12-9-11-16(4)5/h13-15H,7-12H2,1-6H3. The largest absolute Gasteiger partial charge is 0.312 e. The smallest absolute Gasteiger partial charge is 0.0217 e. The molecule has 0 spiro atoms. The highest BCUT2D eigenvalue weighted by Crippen LogP contribution is 2.06. The van der Waals surface area contributed by atoms with E-state index in [1.807, 2.05) is 0 Å². The van der Waals surface area contributed by atoms with Gasteiger partial charge in [-0.2, -0.15) is 0 Å². The fourth-order valence-electron chi connectivity index (χ4n) is 2.13. The lowest BCUT2D eigenvalue weighted by Gasteiger charge is -2.32. The molecule has 0 aliphatic carbocycles. The van der Waals surface area contributed by atoms with Crippen LogP contribution in [0.1, 0.15) is 40.0 Å². The zero-order valence-corrected chi connectivity index (χ0v) is 12.8. The topological polar surface area (TPSA) is 18.5 Å². The van der Waals surface area contributed by atoms with Crippen LogP contribution in [0.3, 0.4) is 0 Å². The molecule has 0 aromatic heterocycles. The minimum Gasteiger partial charge on any atom is -0.312 e. The van der Waals surface area contributed by atoms with Crippen LogP contribution in [0.2, 0.25) is 0 Å². The van der Waals surface area contributed by atoms with Crippen molar-refractivity contribution in [1.82, 2.24) is 15.1 Å². The molecular weight excluding hydrogens is 210 g/mol. The molecule has 0 amide bonds. The highest BCUT2D eigenvalue weighted by molar-refractivity contribution is 4.78. The molecule has 17 heavy (non-hydrogen) atoms. The van der Waals surface area contributed by atoms with E-state index < -0.39 is 0 Å². The molecule has 2 unspecified atom stereocenters. The van der Waals surface area contributed by atoms with E-state index >= 15 is 0 Å². The first-order valence-electron chi connectivity index (χ1n) is 7.11. The number of nitrogens with one attached hydrogen (secondary N) is 1. The van der Waals surface area contributed by atoms with Gasteiger partial charge in [-0.25, -0.2) is 0 Å². The number of rotatable bonds is 10. The molecule has 1 N–H and O–H groups in total. The molecule has 104 valence electrons. The van der Waals surface area contributed by atoms with Crippen molar-refractivity contribution in [2.45, 2.75) is 52.1 Å². The van der Waals surface area contributed by atoms with Crippen LogP contribution in [-0.4, -0.2) is 62.7 Å². The van der Waals surface area contributed by atoms with Gasteiger partial charge in [-0.05, 0) is 67.0 Å². The predicted molar refractivity (Wildman–Crippen MR) is 77.6 cm³/mol. The summed E-state index contributed by atoms with van der Waals surface area (Å²) in [5.74, 6) is 0. The Labute approximate surface area is 109 Å². The first-order valence-corrected chi connectivity index (χ1v) is 7.11. The van der Waals surface area contributed by atoms with E-state index in [0.717, 1.165) is 6.54 Å². The fraction of sp³-hybridized carbons (Fsp3) is 1.00. The molecule has 0 aliphatic heterocycles. The van der Waals surface area contributed by atoms with Crippen LogP contribution in [0.15, 0.2) is 0 Å². The number of hydrogen-bond donors (Lipinski definition) is 1. The molecular formula is C14H33N3. The van der Waals surface area contributed by atoms with Crippen LogP contribution < -0.4 is 5.32 Å². The lowest BCUT2D eigenvalue weighted by molar-refractivity contribution is 0.194. The Morgan fingerprint density at radius 3 is 2.18 bits per heavy atom. The summed E-state index contributed by atoms with van der Waals surface area (Å²) in [5.41, 5.74) is 0. The van der Waals surface area contributed by atoms with Gasteiger partial charge in [0.25, 0.3) is 0 Å². The average Bonchev–Trinajstić information content (AvgIpc) is 2.29. The molecule has 0 aromatic rings. The summed E-state index contributed by atoms with van der Waals surface area (Å²) >= 11 is 0. The van der Waals surface area contributed by atoms with Crippen molar-refractivity contribution in [3.8, 4) is 0 Å². The van der Waals surface area contributed by atoms with Crippen molar-refractivity contribution in [2.75, 3.05) is 40.8 Å². The Morgan fingerprint density at radius 1 is 1.06 bits per heavy atom. The van der Waals surface area contributed by atoms with E-state index in [0.29, 0.717) is 12.1 Å². The van der Waals surface area contributed by atoms with E-state index in [9.17, 15) is 0 Å². The van der Waals surface area contributed by atoms with E-state index in [4.69, 9.17) is 0 Å². The third-order valence-electron chi connectivity index (χ3n) is 3.49. The van der Waals surface area contributed by atoms with Gasteiger partial charge >= 0.3 is 0 Å². The van der Waals surface area contributed by atoms with Gasteiger partial charge in [0.05, 0.1) is 0 Å². The number of hydrogen-bond acceptors (Lipinski definition) is 3. The summed E-state index contributed by atoms with van der Waals surface area (Å²) < 4.78 is 0. The van der Waals surface area contributed by atoms with Gasteiger partial charge < -0.3 is 15.1 Å². The molecule has 0 rings (SSSR count). The quantitative estimate of drug-likeness (QED) is 0.633. The molecule has 0 aliphatic rings. The number of nitrogens with zero attached hydrogens (tertiary/aromatic N) is 2. The average molecular weight is 243 g/mol. The van der Waals surface area contributed by atoms with Gasteiger partial charge in [-0.1, -0.05) is 13.8 Å². The Morgan fingerprint density at radius 2 is 1.71 bits per heavy atom. The maximum atomic E-state index is 3.65. The van der Waals surface area contributed by atoms with Crippen LogP contribution in [0.5, 0.6) is 0 Å². The van der Waals surface area contributed by atoms with E-state index in [2.05, 4.69) is 57.0 Å². The molecule has 0 saturated heterocycles. The van der Waals surface area contributed by atoms with Crippen LogP contribution in [-0.2, 0) is 0 Å². The summed E-state index contributed by atoms with van der Waals surface area (Å²) in [6.45, 7) is 10.3. The second kappa shape index (κ2) is 9.86. The van der Waals surface area contributed by atoms with Gasteiger partial charge in [0, 0.05) is 12.1 Å². The van der Waals surface area contributed by atoms with Crippen LogP contribution in [0.25, 0.3) is 0 Å². The maximum Gasteiger partial charge on any atom is 0.0217 e. The van der Waals surface area contributed by atoms with E-state index in [1.54, 1.807) is 0 Å². The zero-order valence-electron chi connectivity index (χ0n) is 12.8. The summed E-state index contributed by atoms with van der Waals surface area (Å²) in [5, 5.41) is 3.65. The fourth-order valence-corrected chi connectivity index (χ4v) is 2.13. The molecule has 0 bridgehead atoms. The highest BCUT2D eigenvalue weighted by atomic mass is 15.2. The van der Waals surface area contributed by atoms with Gasteiger partial charge in [0.15, 0.2) is 0 Å². The molecule has 2 atom stereocenters. The SMILES string of the molecule is CCCNC(CC)C(C)N(C)CCCN(C)C. The first-order chi connectivity index (χ1) is 8.02. The molecule has 3 nitrogen and oxygen atoms in total. The highest BCUT2D eigenvalue weighted by Gasteiger charge is 2.18. The Kier molecular flexibility index (Phi) is 9.79. The monoisotopic (exact) mass is 243 g/mol. The summed E-state index contributed by atoms with van der Waals surface area (Å²) in [4.78, 5) is 4.74. The van der Waals surface area contributed by atoms with Crippen molar-refractivity contribution >= 4 is 0 Å². The second-order valence-electron chi connectivity index (χ2n) is 5.35. The molecule has 0 heterocycles. The van der Waals surface area contributed by atoms with Crippen molar-refractivity contribution in [3.05, 3.63) is 0 Å². The van der Waals surface area contributed by atoms with Crippen LogP contribution in [0, 0.1) is 0 Å². The van der Waals surface area contributed by atoms with Crippen molar-refractivity contribution in [2.24, 2.45) is 0 Å². The zero-order chi connectivity index (χ0) is 13.3. The van der Waals surface area contributed by atoms with Gasteiger partial charge in [0.1, 0.15) is 0 Å². The molecule has 0 saturated carbocycles. The van der Waals surface area contributed by atoms with E-state index in [-0.39, 0.29) is 0 Å². The van der Waals surface area contributed by atoms with Gasteiger partial charge in [0.2, 0.25) is 0 Å². The van der Waals surface area contributed by atoms with Crippen LogP contribution >= 0.6 is 0 Å².